The molecule has 1 amide bonds. The predicted molar refractivity (Wildman–Crippen MR) is 89.8 cm³/mol. The third-order valence-corrected chi connectivity index (χ3v) is 3.37. The van der Waals surface area contributed by atoms with Crippen LogP contribution in [0.5, 0.6) is 0 Å². The minimum Gasteiger partial charge on any atom is -0.381 e. The fourth-order valence-corrected chi connectivity index (χ4v) is 2.28. The van der Waals surface area contributed by atoms with Gasteiger partial charge < -0.3 is 10.6 Å². The lowest BCUT2D eigenvalue weighted by Gasteiger charge is -2.09. The summed E-state index contributed by atoms with van der Waals surface area (Å²) in [4.78, 5) is 16.3. The van der Waals surface area contributed by atoms with Gasteiger partial charge in [-0.15, -0.1) is 6.58 Å². The lowest BCUT2D eigenvalue weighted by molar-refractivity contribution is 0.102. The van der Waals surface area contributed by atoms with Crippen molar-refractivity contribution < 1.29 is 4.79 Å². The molecule has 2 rings (SSSR count). The van der Waals surface area contributed by atoms with Crippen molar-refractivity contribution >= 4 is 33.2 Å². The van der Waals surface area contributed by atoms with E-state index in [9.17, 15) is 4.79 Å². The molecule has 0 radical (unpaired) electrons. The smallest absolute Gasteiger partial charge is 0.274 e. The molecule has 0 spiro atoms. The van der Waals surface area contributed by atoms with Crippen molar-refractivity contribution in [1.82, 2.24) is 4.98 Å². The summed E-state index contributed by atoms with van der Waals surface area (Å²) in [7, 11) is 0. The van der Waals surface area contributed by atoms with Crippen LogP contribution in [0, 0.1) is 6.92 Å². The number of nitrogens with one attached hydrogen (secondary N) is 2. The van der Waals surface area contributed by atoms with Crippen LogP contribution in [-0.2, 0) is 0 Å². The molecule has 2 aromatic rings. The molecule has 0 bridgehead atoms. The van der Waals surface area contributed by atoms with Crippen LogP contribution < -0.4 is 10.6 Å². The van der Waals surface area contributed by atoms with Crippen LogP contribution >= 0.6 is 15.9 Å². The number of carbonyl (C=O) groups excluding carboxylic acids is 1. The molecule has 0 saturated carbocycles. The molecule has 1 aromatic carbocycles. The van der Waals surface area contributed by atoms with Crippen LogP contribution in [0.1, 0.15) is 16.1 Å². The number of aromatic nitrogens is 1. The van der Waals surface area contributed by atoms with Crippen LogP contribution in [-0.4, -0.2) is 17.4 Å². The maximum absolute atomic E-state index is 12.2. The number of hydrogen-bond acceptors (Lipinski definition) is 3. The van der Waals surface area contributed by atoms with E-state index in [0.29, 0.717) is 12.2 Å². The summed E-state index contributed by atoms with van der Waals surface area (Å²) in [6, 6.07) is 9.22. The quantitative estimate of drug-likeness (QED) is 0.805. The molecule has 1 aromatic heterocycles. The van der Waals surface area contributed by atoms with Gasteiger partial charge in [-0.3, -0.25) is 9.78 Å². The van der Waals surface area contributed by atoms with Crippen LogP contribution in [0.15, 0.2) is 53.7 Å². The van der Waals surface area contributed by atoms with E-state index in [1.54, 1.807) is 18.3 Å². The van der Waals surface area contributed by atoms with Gasteiger partial charge in [-0.25, -0.2) is 0 Å². The van der Waals surface area contributed by atoms with Crippen molar-refractivity contribution in [2.24, 2.45) is 0 Å². The molecule has 0 aliphatic carbocycles. The summed E-state index contributed by atoms with van der Waals surface area (Å²) in [5, 5.41) is 5.99. The van der Waals surface area contributed by atoms with E-state index in [2.05, 4.69) is 38.1 Å². The minimum absolute atomic E-state index is 0.234. The summed E-state index contributed by atoms with van der Waals surface area (Å²) in [5.41, 5.74) is 2.96. The molecule has 0 fully saturated rings. The van der Waals surface area contributed by atoms with E-state index >= 15 is 0 Å². The summed E-state index contributed by atoms with van der Waals surface area (Å²) in [5.74, 6) is -0.234. The first-order valence-corrected chi connectivity index (χ1v) is 7.28. The maximum atomic E-state index is 12.2. The summed E-state index contributed by atoms with van der Waals surface area (Å²) >= 11 is 3.40. The van der Waals surface area contributed by atoms with Gasteiger partial charge in [-0.1, -0.05) is 22.0 Å². The molecule has 5 heteroatoms. The molecule has 1 heterocycles. The molecule has 0 aliphatic heterocycles. The van der Waals surface area contributed by atoms with E-state index in [1.165, 1.54) is 0 Å². The van der Waals surface area contributed by atoms with Gasteiger partial charge in [0.1, 0.15) is 5.69 Å². The fraction of sp³-hybridized carbons (Fsp3) is 0.125. The molecule has 0 atom stereocenters. The van der Waals surface area contributed by atoms with E-state index in [1.807, 2.05) is 31.2 Å². The van der Waals surface area contributed by atoms with E-state index in [4.69, 9.17) is 0 Å². The van der Waals surface area contributed by atoms with Gasteiger partial charge in [0.2, 0.25) is 0 Å². The Kier molecular flexibility index (Phi) is 5.11. The number of carbonyl (C=O) groups is 1. The first-order valence-electron chi connectivity index (χ1n) is 6.48. The molecule has 2 N–H and O–H groups in total. The lowest BCUT2D eigenvalue weighted by Crippen LogP contribution is -2.14. The normalized spacial score (nSPS) is 10.0. The topological polar surface area (TPSA) is 54.0 Å². The second-order valence-corrected chi connectivity index (χ2v) is 5.43. The van der Waals surface area contributed by atoms with Gasteiger partial charge in [-0.05, 0) is 42.8 Å². The second kappa shape index (κ2) is 7.04. The zero-order valence-corrected chi connectivity index (χ0v) is 13.3. The highest BCUT2D eigenvalue weighted by molar-refractivity contribution is 9.10. The summed E-state index contributed by atoms with van der Waals surface area (Å²) < 4.78 is 0.978. The van der Waals surface area contributed by atoms with Crippen molar-refractivity contribution in [2.45, 2.75) is 6.92 Å². The number of hydrogen-bond donors (Lipinski definition) is 2. The largest absolute Gasteiger partial charge is 0.381 e. The van der Waals surface area contributed by atoms with Gasteiger partial charge in [0.05, 0.1) is 0 Å². The number of pyridine rings is 1. The Balaban J connectivity index is 2.14. The zero-order valence-electron chi connectivity index (χ0n) is 11.7. The third-order valence-electron chi connectivity index (χ3n) is 2.88. The van der Waals surface area contributed by atoms with E-state index in [-0.39, 0.29) is 5.91 Å². The molecular formula is C16H16BrN3O. The van der Waals surface area contributed by atoms with Crippen LogP contribution in [0.2, 0.25) is 0 Å². The number of nitrogens with zero attached hydrogens (tertiary/aromatic N) is 1. The molecule has 0 unspecified atom stereocenters. The summed E-state index contributed by atoms with van der Waals surface area (Å²) in [6.07, 6.45) is 3.36. The highest BCUT2D eigenvalue weighted by atomic mass is 79.9. The van der Waals surface area contributed by atoms with Gasteiger partial charge in [-0.2, -0.15) is 0 Å². The monoisotopic (exact) mass is 345 g/mol. The van der Waals surface area contributed by atoms with Crippen LogP contribution in [0.25, 0.3) is 0 Å². The number of rotatable bonds is 5. The van der Waals surface area contributed by atoms with Crippen LogP contribution in [0.3, 0.4) is 0 Å². The Bertz CT molecular complexity index is 670. The maximum Gasteiger partial charge on any atom is 0.274 e. The zero-order chi connectivity index (χ0) is 15.2. The molecule has 108 valence electrons. The molecule has 21 heavy (non-hydrogen) atoms. The van der Waals surface area contributed by atoms with Crippen molar-refractivity contribution in [2.75, 3.05) is 17.2 Å². The molecule has 4 nitrogen and oxygen atoms in total. The molecule has 0 aliphatic rings. The Morgan fingerprint density at radius 3 is 2.90 bits per heavy atom. The highest BCUT2D eigenvalue weighted by Gasteiger charge is 2.10. The van der Waals surface area contributed by atoms with Crippen LogP contribution in [0.4, 0.5) is 11.4 Å². The number of aryl methyl sites for hydroxylation is 1. The average molecular weight is 346 g/mol. The fourth-order valence-electron chi connectivity index (χ4n) is 1.81. The first-order chi connectivity index (χ1) is 10.1. The van der Waals surface area contributed by atoms with Crippen molar-refractivity contribution in [1.29, 1.82) is 0 Å². The Morgan fingerprint density at radius 2 is 2.19 bits per heavy atom. The SMILES string of the molecule is C=CCNc1ccnc(C(=O)Nc2ccc(Br)cc2C)c1. The van der Waals surface area contributed by atoms with Gasteiger partial charge >= 0.3 is 0 Å². The van der Waals surface area contributed by atoms with Gasteiger partial charge in [0.15, 0.2) is 0 Å². The van der Waals surface area contributed by atoms with Gasteiger partial charge in [0.25, 0.3) is 5.91 Å². The van der Waals surface area contributed by atoms with E-state index < -0.39 is 0 Å². The third kappa shape index (κ3) is 4.16. The highest BCUT2D eigenvalue weighted by Crippen LogP contribution is 2.20. The summed E-state index contributed by atoms with van der Waals surface area (Å²) in [6.45, 7) is 6.22. The lowest BCUT2D eigenvalue weighted by atomic mass is 10.2. The first kappa shape index (κ1) is 15.3. The van der Waals surface area contributed by atoms with Crippen molar-refractivity contribution in [3.05, 3.63) is 64.9 Å². The Morgan fingerprint density at radius 1 is 1.38 bits per heavy atom. The number of benzene rings is 1. The van der Waals surface area contributed by atoms with Crippen molar-refractivity contribution in [3.63, 3.8) is 0 Å². The standard InChI is InChI=1S/C16H16BrN3O/c1-3-7-18-13-6-8-19-15(10-13)16(21)20-14-5-4-12(17)9-11(14)2/h3-6,8-10H,1,7H2,2H3,(H,18,19)(H,20,21). The Labute approximate surface area is 132 Å². The predicted octanol–water partition coefficient (Wildman–Crippen LogP) is 4.00. The number of anilines is 2. The number of amides is 1. The van der Waals surface area contributed by atoms with Gasteiger partial charge in [0, 0.05) is 28.6 Å². The Hall–Kier alpha value is -2.14. The number of halogens is 1. The second-order valence-electron chi connectivity index (χ2n) is 4.51. The minimum atomic E-state index is -0.234. The van der Waals surface area contributed by atoms with E-state index in [0.717, 1.165) is 21.4 Å². The molecular weight excluding hydrogens is 330 g/mol. The molecule has 0 saturated heterocycles. The average Bonchev–Trinajstić information content (AvgIpc) is 2.48. The van der Waals surface area contributed by atoms with Crippen molar-refractivity contribution in [3.8, 4) is 0 Å².